The van der Waals surface area contributed by atoms with Crippen LogP contribution in [0.1, 0.15) is 25.7 Å². The lowest BCUT2D eigenvalue weighted by molar-refractivity contribution is 0.262. The maximum atomic E-state index is 13.7. The van der Waals surface area contributed by atoms with Crippen molar-refractivity contribution >= 4 is 0 Å². The lowest BCUT2D eigenvalue weighted by atomic mass is 10.2. The molecule has 0 atom stereocenters. The van der Waals surface area contributed by atoms with Crippen molar-refractivity contribution in [3.05, 3.63) is 35.7 Å². The average Bonchev–Trinajstić information content (AvgIpc) is 2.76. The monoisotopic (exact) mass is 253 g/mol. The van der Waals surface area contributed by atoms with Gasteiger partial charge in [0, 0.05) is 6.04 Å². The van der Waals surface area contributed by atoms with E-state index in [9.17, 15) is 8.78 Å². The fourth-order valence-corrected chi connectivity index (χ4v) is 1.83. The summed E-state index contributed by atoms with van der Waals surface area (Å²) in [6.07, 6.45) is 0. The predicted molar refractivity (Wildman–Crippen MR) is 61.7 cm³/mol. The molecule has 6 heteroatoms. The summed E-state index contributed by atoms with van der Waals surface area (Å²) in [6, 6.07) is 3.82. The van der Waals surface area contributed by atoms with Crippen LogP contribution in [0.3, 0.4) is 0 Å². The molecular weight excluding hydrogens is 240 g/mol. The molecule has 1 aromatic heterocycles. The van der Waals surface area contributed by atoms with E-state index in [1.54, 1.807) is 4.57 Å². The molecular formula is C12H13F2N3O. The molecule has 0 spiro atoms. The van der Waals surface area contributed by atoms with Gasteiger partial charge in [0.25, 0.3) is 0 Å². The van der Waals surface area contributed by atoms with Crippen LogP contribution >= 0.6 is 0 Å². The van der Waals surface area contributed by atoms with Crippen LogP contribution in [-0.2, 0) is 6.61 Å². The maximum Gasteiger partial charge on any atom is 0.169 e. The number of aliphatic hydroxyl groups is 1. The first-order chi connectivity index (χ1) is 8.56. The topological polar surface area (TPSA) is 50.9 Å². The van der Waals surface area contributed by atoms with E-state index in [1.807, 2.05) is 13.8 Å². The summed E-state index contributed by atoms with van der Waals surface area (Å²) in [5.41, 5.74) is 0.0379. The van der Waals surface area contributed by atoms with Crippen LogP contribution < -0.4 is 0 Å². The zero-order chi connectivity index (χ0) is 13.3. The highest BCUT2D eigenvalue weighted by Crippen LogP contribution is 2.26. The van der Waals surface area contributed by atoms with E-state index >= 15 is 0 Å². The molecule has 0 radical (unpaired) electrons. The van der Waals surface area contributed by atoms with Gasteiger partial charge < -0.3 is 9.67 Å². The second kappa shape index (κ2) is 4.81. The zero-order valence-corrected chi connectivity index (χ0v) is 10.1. The number of benzene rings is 1. The largest absolute Gasteiger partial charge is 0.388 e. The smallest absolute Gasteiger partial charge is 0.169 e. The third-order valence-corrected chi connectivity index (χ3v) is 2.62. The van der Waals surface area contributed by atoms with Gasteiger partial charge in [-0.25, -0.2) is 8.78 Å². The summed E-state index contributed by atoms with van der Waals surface area (Å²) in [4.78, 5) is 0. The summed E-state index contributed by atoms with van der Waals surface area (Å²) < 4.78 is 28.5. The number of aliphatic hydroxyl groups excluding tert-OH is 1. The van der Waals surface area contributed by atoms with E-state index in [1.165, 1.54) is 12.1 Å². The van der Waals surface area contributed by atoms with Crippen molar-refractivity contribution in [2.75, 3.05) is 0 Å². The van der Waals surface area contributed by atoms with Crippen LogP contribution in [0.5, 0.6) is 0 Å². The lowest BCUT2D eigenvalue weighted by Gasteiger charge is -2.13. The molecule has 2 rings (SSSR count). The van der Waals surface area contributed by atoms with E-state index < -0.39 is 11.6 Å². The minimum absolute atomic E-state index is 0.0379. The number of halogens is 2. The van der Waals surface area contributed by atoms with Crippen LogP contribution in [0.2, 0.25) is 0 Å². The molecule has 4 nitrogen and oxygen atoms in total. The highest BCUT2D eigenvalue weighted by molar-refractivity contribution is 5.56. The Labute approximate surface area is 103 Å². The quantitative estimate of drug-likeness (QED) is 0.913. The first-order valence-corrected chi connectivity index (χ1v) is 5.55. The molecule has 2 aromatic rings. The number of aromatic nitrogens is 3. The Morgan fingerprint density at radius 3 is 2.61 bits per heavy atom. The fraction of sp³-hybridized carbons (Fsp3) is 0.333. The zero-order valence-electron chi connectivity index (χ0n) is 10.1. The van der Waals surface area contributed by atoms with Gasteiger partial charge in [-0.2, -0.15) is 0 Å². The number of rotatable bonds is 3. The summed E-state index contributed by atoms with van der Waals surface area (Å²) in [5.74, 6) is -1.36. The molecule has 0 saturated carbocycles. The van der Waals surface area contributed by atoms with Crippen LogP contribution in [0, 0.1) is 11.6 Å². The lowest BCUT2D eigenvalue weighted by Crippen LogP contribution is -2.09. The Morgan fingerprint density at radius 1 is 1.28 bits per heavy atom. The van der Waals surface area contributed by atoms with Gasteiger partial charge in [0.1, 0.15) is 6.61 Å². The van der Waals surface area contributed by atoms with E-state index in [0.717, 1.165) is 6.07 Å². The molecule has 0 aliphatic carbocycles. The van der Waals surface area contributed by atoms with Crippen molar-refractivity contribution in [2.24, 2.45) is 0 Å². The summed E-state index contributed by atoms with van der Waals surface area (Å²) in [7, 11) is 0. The first-order valence-electron chi connectivity index (χ1n) is 5.55. The van der Waals surface area contributed by atoms with Crippen molar-refractivity contribution in [2.45, 2.75) is 26.5 Å². The Hall–Kier alpha value is -1.82. The maximum absolute atomic E-state index is 13.7. The van der Waals surface area contributed by atoms with Crippen molar-refractivity contribution in [3.8, 4) is 11.4 Å². The van der Waals surface area contributed by atoms with Crippen LogP contribution in [0.25, 0.3) is 11.4 Å². The van der Waals surface area contributed by atoms with Gasteiger partial charge in [0.05, 0.1) is 5.56 Å². The van der Waals surface area contributed by atoms with E-state index in [0.29, 0.717) is 5.82 Å². The summed E-state index contributed by atoms with van der Waals surface area (Å²) >= 11 is 0. The first kappa shape index (κ1) is 12.6. The highest BCUT2D eigenvalue weighted by atomic mass is 19.2. The molecule has 1 heterocycles. The minimum Gasteiger partial charge on any atom is -0.388 e. The van der Waals surface area contributed by atoms with Crippen molar-refractivity contribution in [3.63, 3.8) is 0 Å². The molecule has 0 aliphatic rings. The van der Waals surface area contributed by atoms with E-state index in [-0.39, 0.29) is 24.0 Å². The van der Waals surface area contributed by atoms with Crippen LogP contribution in [-0.4, -0.2) is 19.9 Å². The molecule has 0 aliphatic heterocycles. The van der Waals surface area contributed by atoms with Gasteiger partial charge in [-0.05, 0) is 26.0 Å². The SMILES string of the molecule is CC(C)n1c(CO)nnc1-c1cccc(F)c1F. The highest BCUT2D eigenvalue weighted by Gasteiger charge is 2.19. The third-order valence-electron chi connectivity index (χ3n) is 2.62. The number of nitrogens with zero attached hydrogens (tertiary/aromatic N) is 3. The molecule has 18 heavy (non-hydrogen) atoms. The Balaban J connectivity index is 2.64. The van der Waals surface area contributed by atoms with E-state index in [2.05, 4.69) is 10.2 Å². The average molecular weight is 253 g/mol. The van der Waals surface area contributed by atoms with Crippen LogP contribution in [0.15, 0.2) is 18.2 Å². The summed E-state index contributed by atoms with van der Waals surface area (Å²) in [5, 5.41) is 16.8. The Kier molecular flexibility index (Phi) is 3.38. The number of hydrogen-bond donors (Lipinski definition) is 1. The van der Waals surface area contributed by atoms with Crippen molar-refractivity contribution in [1.29, 1.82) is 0 Å². The van der Waals surface area contributed by atoms with Gasteiger partial charge in [-0.1, -0.05) is 6.07 Å². The fourth-order valence-electron chi connectivity index (χ4n) is 1.83. The van der Waals surface area contributed by atoms with Crippen LogP contribution in [0.4, 0.5) is 8.78 Å². The molecule has 0 saturated heterocycles. The van der Waals surface area contributed by atoms with Gasteiger partial charge in [0.15, 0.2) is 23.3 Å². The normalized spacial score (nSPS) is 11.2. The minimum atomic E-state index is -0.962. The molecule has 1 N–H and O–H groups in total. The molecule has 96 valence electrons. The molecule has 0 unspecified atom stereocenters. The predicted octanol–water partition coefficient (Wildman–Crippen LogP) is 2.30. The van der Waals surface area contributed by atoms with Crippen molar-refractivity contribution in [1.82, 2.24) is 14.8 Å². The van der Waals surface area contributed by atoms with Gasteiger partial charge in [-0.15, -0.1) is 10.2 Å². The Morgan fingerprint density at radius 2 is 2.00 bits per heavy atom. The van der Waals surface area contributed by atoms with Gasteiger partial charge >= 0.3 is 0 Å². The molecule has 0 bridgehead atoms. The van der Waals surface area contributed by atoms with E-state index in [4.69, 9.17) is 5.11 Å². The van der Waals surface area contributed by atoms with Gasteiger partial charge in [-0.3, -0.25) is 0 Å². The molecule has 0 fully saturated rings. The van der Waals surface area contributed by atoms with Gasteiger partial charge in [0.2, 0.25) is 0 Å². The van der Waals surface area contributed by atoms with Crippen molar-refractivity contribution < 1.29 is 13.9 Å². The second-order valence-electron chi connectivity index (χ2n) is 4.16. The standard InChI is InChI=1S/C12H13F2N3O/c1-7(2)17-10(6-18)15-16-12(17)8-4-3-5-9(13)11(8)14/h3-5,7,18H,6H2,1-2H3. The molecule has 0 amide bonds. The molecule has 1 aromatic carbocycles. The Bertz CT molecular complexity index is 566. The number of hydrogen-bond acceptors (Lipinski definition) is 3. The third kappa shape index (κ3) is 1.99. The summed E-state index contributed by atoms with van der Waals surface area (Å²) in [6.45, 7) is 3.40. The second-order valence-corrected chi connectivity index (χ2v) is 4.16.